The number of aliphatic hydroxyl groups excluding tert-OH is 4. The molecule has 0 aromatic carbocycles. The van der Waals surface area contributed by atoms with Crippen LogP contribution in [0.2, 0.25) is 0 Å². The summed E-state index contributed by atoms with van der Waals surface area (Å²) in [5.41, 5.74) is 8.11. The van der Waals surface area contributed by atoms with Gasteiger partial charge in [0.25, 0.3) is 0 Å². The highest BCUT2D eigenvalue weighted by atomic mass is 16.6. The van der Waals surface area contributed by atoms with Crippen LogP contribution in [0, 0.1) is 0 Å². The Hall–Kier alpha value is -0.890. The SMILES string of the molecule is [N-]=[N+]=N[C@H]1OC(CO)[C@@H](O)C(O)[C@H]1O. The zero-order valence-electron chi connectivity index (χ0n) is 7.13. The number of rotatable bonds is 2. The monoisotopic (exact) mass is 205 g/mol. The fraction of sp³-hybridized carbons (Fsp3) is 1.00. The van der Waals surface area contributed by atoms with E-state index in [1.807, 2.05) is 0 Å². The number of aliphatic hydroxyl groups is 4. The van der Waals surface area contributed by atoms with Gasteiger partial charge in [0, 0.05) is 4.91 Å². The van der Waals surface area contributed by atoms with Gasteiger partial charge >= 0.3 is 0 Å². The number of nitrogens with zero attached hydrogens (tertiary/aromatic N) is 3. The summed E-state index contributed by atoms with van der Waals surface area (Å²) >= 11 is 0. The summed E-state index contributed by atoms with van der Waals surface area (Å²) in [7, 11) is 0. The third-order valence-electron chi connectivity index (χ3n) is 2.03. The third kappa shape index (κ3) is 1.95. The minimum absolute atomic E-state index is 0.539. The molecule has 1 rings (SSSR count). The topological polar surface area (TPSA) is 139 Å². The smallest absolute Gasteiger partial charge is 0.165 e. The van der Waals surface area contributed by atoms with E-state index >= 15 is 0 Å². The van der Waals surface area contributed by atoms with Crippen LogP contribution in [0.25, 0.3) is 10.4 Å². The van der Waals surface area contributed by atoms with Gasteiger partial charge in [0.1, 0.15) is 24.4 Å². The van der Waals surface area contributed by atoms with Crippen LogP contribution in [0.1, 0.15) is 0 Å². The van der Waals surface area contributed by atoms with E-state index in [1.165, 1.54) is 0 Å². The summed E-state index contributed by atoms with van der Waals surface area (Å²) in [6, 6.07) is 0. The van der Waals surface area contributed by atoms with Crippen molar-refractivity contribution in [1.29, 1.82) is 0 Å². The summed E-state index contributed by atoms with van der Waals surface area (Å²) in [4.78, 5) is 2.40. The maximum absolute atomic E-state index is 9.27. The summed E-state index contributed by atoms with van der Waals surface area (Å²) in [6.45, 7) is -0.539. The first-order chi connectivity index (χ1) is 6.61. The molecule has 0 spiro atoms. The standard InChI is InChI=1S/C6H11N3O5/c7-9-8-6-5(13)4(12)3(11)2(1-10)14-6/h2-6,10-13H,1H2/t2?,3-,4?,5-,6+/m1/s1. The van der Waals surface area contributed by atoms with Crippen molar-refractivity contribution in [3.8, 4) is 0 Å². The van der Waals surface area contributed by atoms with Gasteiger partial charge in [-0.15, -0.1) is 0 Å². The predicted octanol–water partition coefficient (Wildman–Crippen LogP) is -1.90. The Morgan fingerprint density at radius 1 is 1.21 bits per heavy atom. The molecule has 8 nitrogen and oxygen atoms in total. The van der Waals surface area contributed by atoms with Crippen LogP contribution >= 0.6 is 0 Å². The highest BCUT2D eigenvalue weighted by Gasteiger charge is 2.42. The maximum atomic E-state index is 9.27. The average Bonchev–Trinajstić information content (AvgIpc) is 2.19. The molecule has 0 aliphatic carbocycles. The van der Waals surface area contributed by atoms with Crippen LogP contribution in [0.15, 0.2) is 5.11 Å². The van der Waals surface area contributed by atoms with Crippen LogP contribution < -0.4 is 0 Å². The minimum Gasteiger partial charge on any atom is -0.394 e. The van der Waals surface area contributed by atoms with Gasteiger partial charge in [-0.3, -0.25) is 0 Å². The van der Waals surface area contributed by atoms with Crippen LogP contribution in [0.3, 0.4) is 0 Å². The van der Waals surface area contributed by atoms with Crippen molar-refractivity contribution in [1.82, 2.24) is 0 Å². The van der Waals surface area contributed by atoms with Gasteiger partial charge in [0.15, 0.2) is 6.23 Å². The fourth-order valence-electron chi connectivity index (χ4n) is 1.23. The van der Waals surface area contributed by atoms with Crippen molar-refractivity contribution in [3.05, 3.63) is 10.4 Å². The molecule has 4 N–H and O–H groups in total. The fourth-order valence-corrected chi connectivity index (χ4v) is 1.23. The Bertz CT molecular complexity index is 242. The highest BCUT2D eigenvalue weighted by Crippen LogP contribution is 2.21. The Morgan fingerprint density at radius 3 is 2.36 bits per heavy atom. The first-order valence-corrected chi connectivity index (χ1v) is 3.96. The van der Waals surface area contributed by atoms with E-state index in [2.05, 4.69) is 10.0 Å². The average molecular weight is 205 g/mol. The second-order valence-corrected chi connectivity index (χ2v) is 2.92. The van der Waals surface area contributed by atoms with Crippen LogP contribution in [-0.2, 0) is 4.74 Å². The van der Waals surface area contributed by atoms with Crippen molar-refractivity contribution in [2.45, 2.75) is 30.6 Å². The lowest BCUT2D eigenvalue weighted by Gasteiger charge is -2.37. The Labute approximate surface area is 79.0 Å². The lowest BCUT2D eigenvalue weighted by atomic mass is 9.99. The van der Waals surface area contributed by atoms with E-state index in [-0.39, 0.29) is 0 Å². The molecule has 0 radical (unpaired) electrons. The molecule has 2 unspecified atom stereocenters. The van der Waals surface area contributed by atoms with Gasteiger partial charge in [0.05, 0.1) is 6.61 Å². The quantitative estimate of drug-likeness (QED) is 0.237. The van der Waals surface area contributed by atoms with E-state index < -0.39 is 37.3 Å². The summed E-state index contributed by atoms with van der Waals surface area (Å²) in [5, 5.41) is 39.6. The number of hydrogen-bond donors (Lipinski definition) is 4. The first-order valence-electron chi connectivity index (χ1n) is 3.96. The first kappa shape index (κ1) is 11.2. The maximum Gasteiger partial charge on any atom is 0.165 e. The van der Waals surface area contributed by atoms with Gasteiger partial charge in [-0.05, 0) is 5.53 Å². The number of azide groups is 1. The molecule has 14 heavy (non-hydrogen) atoms. The lowest BCUT2D eigenvalue weighted by Crippen LogP contribution is -2.57. The summed E-state index contributed by atoms with van der Waals surface area (Å²) in [6.07, 6.45) is -6.76. The zero-order chi connectivity index (χ0) is 10.7. The van der Waals surface area contributed by atoms with E-state index in [1.54, 1.807) is 0 Å². The second kappa shape index (κ2) is 4.56. The molecule has 0 saturated carbocycles. The van der Waals surface area contributed by atoms with Gasteiger partial charge in [-0.2, -0.15) is 0 Å². The molecule has 1 aliphatic rings. The van der Waals surface area contributed by atoms with E-state index in [9.17, 15) is 15.3 Å². The largest absolute Gasteiger partial charge is 0.394 e. The molecule has 1 saturated heterocycles. The second-order valence-electron chi connectivity index (χ2n) is 2.92. The molecule has 5 atom stereocenters. The Balaban J connectivity index is 2.77. The number of ether oxygens (including phenoxy) is 1. The number of hydrogen-bond acceptors (Lipinski definition) is 6. The highest BCUT2D eigenvalue weighted by molar-refractivity contribution is 4.90. The normalized spacial score (nSPS) is 43.0. The summed E-state index contributed by atoms with van der Waals surface area (Å²) in [5.74, 6) is 0. The van der Waals surface area contributed by atoms with Crippen molar-refractivity contribution in [2.24, 2.45) is 5.11 Å². The van der Waals surface area contributed by atoms with Crippen LogP contribution in [-0.4, -0.2) is 57.7 Å². The van der Waals surface area contributed by atoms with E-state index in [0.717, 1.165) is 0 Å². The predicted molar refractivity (Wildman–Crippen MR) is 42.9 cm³/mol. The Kier molecular flexibility index (Phi) is 3.64. The van der Waals surface area contributed by atoms with Crippen molar-refractivity contribution < 1.29 is 25.2 Å². The van der Waals surface area contributed by atoms with Crippen molar-refractivity contribution in [2.75, 3.05) is 6.61 Å². The molecule has 1 aliphatic heterocycles. The Morgan fingerprint density at radius 2 is 1.86 bits per heavy atom. The molecule has 8 heteroatoms. The summed E-state index contributed by atoms with van der Waals surface area (Å²) < 4.78 is 4.84. The van der Waals surface area contributed by atoms with Crippen molar-refractivity contribution in [3.63, 3.8) is 0 Å². The van der Waals surface area contributed by atoms with Gasteiger partial charge in [0.2, 0.25) is 0 Å². The van der Waals surface area contributed by atoms with E-state index in [4.69, 9.17) is 15.4 Å². The zero-order valence-corrected chi connectivity index (χ0v) is 7.13. The van der Waals surface area contributed by atoms with Crippen LogP contribution in [0.5, 0.6) is 0 Å². The molecule has 80 valence electrons. The molecule has 0 amide bonds. The van der Waals surface area contributed by atoms with Crippen LogP contribution in [0.4, 0.5) is 0 Å². The molecule has 0 bridgehead atoms. The lowest BCUT2D eigenvalue weighted by molar-refractivity contribution is -0.227. The minimum atomic E-state index is -1.50. The molecular weight excluding hydrogens is 194 g/mol. The molecule has 1 heterocycles. The van der Waals surface area contributed by atoms with Crippen molar-refractivity contribution >= 4 is 0 Å². The van der Waals surface area contributed by atoms with Gasteiger partial charge in [-0.1, -0.05) is 5.11 Å². The molecular formula is C6H11N3O5. The molecule has 1 fully saturated rings. The third-order valence-corrected chi connectivity index (χ3v) is 2.03. The van der Waals surface area contributed by atoms with E-state index in [0.29, 0.717) is 0 Å². The van der Waals surface area contributed by atoms with Gasteiger partial charge in [-0.25, -0.2) is 0 Å². The molecule has 0 aromatic heterocycles. The van der Waals surface area contributed by atoms with Gasteiger partial charge < -0.3 is 25.2 Å². The molecule has 0 aromatic rings.